The van der Waals surface area contributed by atoms with E-state index in [1.807, 2.05) is 18.2 Å². The van der Waals surface area contributed by atoms with E-state index in [0.29, 0.717) is 11.3 Å². The molecule has 2 aromatic rings. The highest BCUT2D eigenvalue weighted by Crippen LogP contribution is 2.04. The van der Waals surface area contributed by atoms with E-state index in [1.165, 1.54) is 7.05 Å². The summed E-state index contributed by atoms with van der Waals surface area (Å²) in [5.41, 5.74) is 0.806. The highest BCUT2D eigenvalue weighted by Gasteiger charge is 2.15. The van der Waals surface area contributed by atoms with Crippen molar-refractivity contribution < 1.29 is 22.7 Å². The molecule has 0 fully saturated rings. The highest BCUT2D eigenvalue weighted by atomic mass is 32.2. The molecular weight excluding hydrogens is 370 g/mol. The molecule has 0 aliphatic heterocycles. The van der Waals surface area contributed by atoms with Gasteiger partial charge in [-0.05, 0) is 5.56 Å². The topological polar surface area (TPSA) is 146 Å². The van der Waals surface area contributed by atoms with Crippen molar-refractivity contribution >= 4 is 33.4 Å². The van der Waals surface area contributed by atoms with E-state index in [2.05, 4.69) is 15.4 Å². The average molecular weight is 385 g/mol. The van der Waals surface area contributed by atoms with Gasteiger partial charge in [0.05, 0.1) is 0 Å². The molecular formula is C13H15N5O5S2. The molecule has 12 heteroatoms. The third-order valence-corrected chi connectivity index (χ3v) is 5.06. The Hall–Kier alpha value is -2.57. The Balaban J connectivity index is 1.90. The SMILES string of the molecule is Cn1nc(S(N)(=O)=O)sc1=NC(=O)CNC(=O)OCc1ccccc1. The maximum absolute atomic E-state index is 11.8. The lowest BCUT2D eigenvalue weighted by Crippen LogP contribution is -2.30. The largest absolute Gasteiger partial charge is 0.445 e. The van der Waals surface area contributed by atoms with Gasteiger partial charge in [-0.25, -0.2) is 23.0 Å². The lowest BCUT2D eigenvalue weighted by molar-refractivity contribution is -0.117. The van der Waals surface area contributed by atoms with Gasteiger partial charge in [0.15, 0.2) is 0 Å². The number of ether oxygens (including phenoxy) is 1. The van der Waals surface area contributed by atoms with Crippen LogP contribution in [0.3, 0.4) is 0 Å². The Morgan fingerprint density at radius 1 is 1.36 bits per heavy atom. The summed E-state index contributed by atoms with van der Waals surface area (Å²) in [6.45, 7) is -0.338. The minimum absolute atomic E-state index is 0.0356. The van der Waals surface area contributed by atoms with Gasteiger partial charge in [0.1, 0.15) is 13.2 Å². The molecule has 2 rings (SSSR count). The van der Waals surface area contributed by atoms with Crippen LogP contribution < -0.4 is 15.3 Å². The summed E-state index contributed by atoms with van der Waals surface area (Å²) in [4.78, 5) is 27.0. The van der Waals surface area contributed by atoms with Crippen LogP contribution in [0.25, 0.3) is 0 Å². The molecule has 0 saturated heterocycles. The molecule has 1 aromatic heterocycles. The Morgan fingerprint density at radius 3 is 2.64 bits per heavy atom. The quantitative estimate of drug-likeness (QED) is 0.708. The van der Waals surface area contributed by atoms with E-state index in [1.54, 1.807) is 12.1 Å². The summed E-state index contributed by atoms with van der Waals surface area (Å²) in [5.74, 6) is -0.697. The van der Waals surface area contributed by atoms with Gasteiger partial charge >= 0.3 is 6.09 Å². The lowest BCUT2D eigenvalue weighted by atomic mass is 10.2. The fraction of sp³-hybridized carbons (Fsp3) is 0.231. The number of rotatable bonds is 5. The molecule has 25 heavy (non-hydrogen) atoms. The number of nitrogens with zero attached hydrogens (tertiary/aromatic N) is 3. The molecule has 2 amide bonds. The number of carbonyl (C=O) groups is 2. The molecule has 10 nitrogen and oxygen atoms in total. The van der Waals surface area contributed by atoms with Crippen molar-refractivity contribution in [1.29, 1.82) is 0 Å². The van der Waals surface area contributed by atoms with E-state index in [-0.39, 0.29) is 15.7 Å². The number of primary sulfonamides is 1. The molecule has 0 bridgehead atoms. The van der Waals surface area contributed by atoms with Crippen molar-refractivity contribution in [2.24, 2.45) is 17.2 Å². The fourth-order valence-electron chi connectivity index (χ4n) is 1.61. The van der Waals surface area contributed by atoms with Crippen LogP contribution in [0.15, 0.2) is 39.7 Å². The first-order valence-electron chi connectivity index (χ1n) is 6.85. The number of alkyl carbamates (subject to hydrolysis) is 1. The number of aromatic nitrogens is 2. The van der Waals surface area contributed by atoms with Gasteiger partial charge < -0.3 is 10.1 Å². The second-order valence-electron chi connectivity index (χ2n) is 4.74. The van der Waals surface area contributed by atoms with Gasteiger partial charge in [0, 0.05) is 7.05 Å². The van der Waals surface area contributed by atoms with Crippen molar-refractivity contribution in [3.8, 4) is 0 Å². The minimum atomic E-state index is -3.97. The Bertz CT molecular complexity index is 933. The Kier molecular flexibility index (Phi) is 6.01. The van der Waals surface area contributed by atoms with Crippen LogP contribution >= 0.6 is 11.3 Å². The number of nitrogens with one attached hydrogen (secondary N) is 1. The molecule has 3 N–H and O–H groups in total. The number of amides is 2. The van der Waals surface area contributed by atoms with E-state index >= 15 is 0 Å². The third-order valence-electron chi connectivity index (χ3n) is 2.75. The number of nitrogens with two attached hydrogens (primary N) is 1. The van der Waals surface area contributed by atoms with Crippen LogP contribution in [0.4, 0.5) is 4.79 Å². The summed E-state index contributed by atoms with van der Waals surface area (Å²) in [6, 6.07) is 9.04. The first-order valence-corrected chi connectivity index (χ1v) is 9.21. The van der Waals surface area contributed by atoms with Gasteiger partial charge in [-0.1, -0.05) is 41.7 Å². The summed E-state index contributed by atoms with van der Waals surface area (Å²) in [6.07, 6.45) is -0.772. The normalized spacial score (nSPS) is 12.0. The highest BCUT2D eigenvalue weighted by molar-refractivity contribution is 7.91. The second kappa shape index (κ2) is 8.00. The molecule has 0 atom stereocenters. The molecule has 0 radical (unpaired) electrons. The smallest absolute Gasteiger partial charge is 0.407 e. The molecule has 134 valence electrons. The third kappa shape index (κ3) is 5.77. The summed E-state index contributed by atoms with van der Waals surface area (Å²) in [5, 5.41) is 10.9. The Labute approximate surface area is 147 Å². The molecule has 0 spiro atoms. The standard InChI is InChI=1S/C13H15N5O5S2/c1-18-11(24-13(17-18)25(14,21)22)16-10(19)7-15-12(20)23-8-9-5-3-2-4-6-9/h2-6H,7-8H2,1H3,(H,15,20)(H2,14,21,22). The average Bonchev–Trinajstić information content (AvgIpc) is 2.93. The molecule has 0 aliphatic rings. The van der Waals surface area contributed by atoms with Crippen molar-refractivity contribution in [2.75, 3.05) is 6.54 Å². The van der Waals surface area contributed by atoms with Crippen molar-refractivity contribution in [3.05, 3.63) is 40.7 Å². The van der Waals surface area contributed by atoms with E-state index in [9.17, 15) is 18.0 Å². The number of aryl methyl sites for hydroxylation is 1. The Morgan fingerprint density at radius 2 is 2.04 bits per heavy atom. The summed E-state index contributed by atoms with van der Waals surface area (Å²) >= 11 is 0.644. The minimum Gasteiger partial charge on any atom is -0.445 e. The van der Waals surface area contributed by atoms with Crippen LogP contribution in [0.5, 0.6) is 0 Å². The molecule has 1 heterocycles. The summed E-state index contributed by atoms with van der Waals surface area (Å²) in [7, 11) is -2.56. The summed E-state index contributed by atoms with van der Waals surface area (Å²) < 4.78 is 28.1. The van der Waals surface area contributed by atoms with E-state index in [0.717, 1.165) is 10.2 Å². The van der Waals surface area contributed by atoms with E-state index < -0.39 is 28.6 Å². The van der Waals surface area contributed by atoms with Crippen LogP contribution in [0.1, 0.15) is 5.56 Å². The zero-order valence-corrected chi connectivity index (χ0v) is 14.7. The van der Waals surface area contributed by atoms with Crippen LogP contribution in [-0.2, 0) is 33.2 Å². The predicted molar refractivity (Wildman–Crippen MR) is 87.7 cm³/mol. The molecule has 0 aliphatic carbocycles. The maximum atomic E-state index is 11.8. The second-order valence-corrected chi connectivity index (χ2v) is 7.43. The van der Waals surface area contributed by atoms with Crippen molar-refractivity contribution in [2.45, 2.75) is 10.9 Å². The van der Waals surface area contributed by atoms with Gasteiger partial charge in [0.2, 0.25) is 9.14 Å². The van der Waals surface area contributed by atoms with Crippen LogP contribution in [0, 0.1) is 0 Å². The van der Waals surface area contributed by atoms with Crippen LogP contribution in [0.2, 0.25) is 0 Å². The van der Waals surface area contributed by atoms with Crippen molar-refractivity contribution in [3.63, 3.8) is 0 Å². The molecule has 1 aromatic carbocycles. The predicted octanol–water partition coefficient (Wildman–Crippen LogP) is -0.517. The zero-order valence-electron chi connectivity index (χ0n) is 13.1. The molecule has 0 unspecified atom stereocenters. The van der Waals surface area contributed by atoms with Gasteiger partial charge in [0.25, 0.3) is 15.9 Å². The van der Waals surface area contributed by atoms with Crippen LogP contribution in [-0.4, -0.2) is 36.7 Å². The van der Waals surface area contributed by atoms with Crippen molar-refractivity contribution in [1.82, 2.24) is 15.1 Å². The van der Waals surface area contributed by atoms with Gasteiger partial charge in [-0.3, -0.25) is 4.79 Å². The zero-order chi connectivity index (χ0) is 18.4. The van der Waals surface area contributed by atoms with Gasteiger partial charge in [-0.15, -0.1) is 5.10 Å². The number of hydrogen-bond donors (Lipinski definition) is 2. The first kappa shape index (κ1) is 18.8. The number of carbonyl (C=O) groups excluding carboxylic acids is 2. The number of sulfonamides is 1. The molecule has 0 saturated carbocycles. The monoisotopic (exact) mass is 385 g/mol. The van der Waals surface area contributed by atoms with E-state index in [4.69, 9.17) is 9.88 Å². The maximum Gasteiger partial charge on any atom is 0.407 e. The first-order chi connectivity index (χ1) is 11.8. The van der Waals surface area contributed by atoms with Gasteiger partial charge in [-0.2, -0.15) is 4.99 Å². The lowest BCUT2D eigenvalue weighted by Gasteiger charge is -2.05. The fourth-order valence-corrected chi connectivity index (χ4v) is 3.17. The number of hydrogen-bond acceptors (Lipinski definition) is 7. The number of benzene rings is 1.